The predicted octanol–water partition coefficient (Wildman–Crippen LogP) is 0.568. The van der Waals surface area contributed by atoms with Gasteiger partial charge in [-0.25, -0.2) is 4.98 Å². The fourth-order valence-corrected chi connectivity index (χ4v) is 3.57. The molecule has 0 aromatic carbocycles. The summed E-state index contributed by atoms with van der Waals surface area (Å²) in [6, 6.07) is 0. The minimum atomic E-state index is -2.02. The molecule has 1 fully saturated rings. The number of ether oxygens (including phenoxy) is 1. The van der Waals surface area contributed by atoms with E-state index in [9.17, 15) is 15.3 Å². The SMILES string of the molecule is CC(C)(C)[Si](C)(C)OC[C@H]1O[C@@H](n2cnc3c(O)nnnc32)[C@H](O)[C@@H]1O. The number of aromatic nitrogens is 5. The molecule has 0 unspecified atom stereocenters. The van der Waals surface area contributed by atoms with Crippen molar-refractivity contribution in [1.82, 2.24) is 25.0 Å². The summed E-state index contributed by atoms with van der Waals surface area (Å²) >= 11 is 0. The van der Waals surface area contributed by atoms with Gasteiger partial charge in [-0.3, -0.25) is 4.57 Å². The Morgan fingerprint density at radius 3 is 2.58 bits per heavy atom. The van der Waals surface area contributed by atoms with Crippen LogP contribution < -0.4 is 0 Å². The van der Waals surface area contributed by atoms with Gasteiger partial charge >= 0.3 is 0 Å². The number of aliphatic hydroxyl groups is 2. The number of nitrogens with zero attached hydrogens (tertiary/aromatic N) is 5. The second-order valence-corrected chi connectivity index (χ2v) is 12.9. The first-order valence-corrected chi connectivity index (χ1v) is 11.3. The van der Waals surface area contributed by atoms with Crippen LogP contribution in [0.1, 0.15) is 27.0 Å². The van der Waals surface area contributed by atoms with Crippen molar-refractivity contribution in [2.75, 3.05) is 6.61 Å². The van der Waals surface area contributed by atoms with E-state index in [1.165, 1.54) is 10.9 Å². The summed E-state index contributed by atoms with van der Waals surface area (Å²) in [6.45, 7) is 10.8. The lowest BCUT2D eigenvalue weighted by Gasteiger charge is -2.37. The molecule has 3 rings (SSSR count). The minimum Gasteiger partial charge on any atom is -0.491 e. The summed E-state index contributed by atoms with van der Waals surface area (Å²) in [6.07, 6.45) is -2.56. The zero-order chi connectivity index (χ0) is 19.3. The number of aromatic hydroxyl groups is 1. The lowest BCUT2D eigenvalue weighted by molar-refractivity contribution is -0.0491. The third-order valence-corrected chi connectivity index (χ3v) is 9.79. The van der Waals surface area contributed by atoms with Crippen LogP contribution in [0.3, 0.4) is 0 Å². The number of imidazole rings is 1. The molecule has 10 nitrogen and oxygen atoms in total. The average molecular weight is 383 g/mol. The van der Waals surface area contributed by atoms with E-state index in [0.29, 0.717) is 0 Å². The van der Waals surface area contributed by atoms with Gasteiger partial charge in [-0.1, -0.05) is 25.9 Å². The average Bonchev–Trinajstić information content (AvgIpc) is 3.08. The van der Waals surface area contributed by atoms with Gasteiger partial charge in [0.1, 0.15) is 18.3 Å². The lowest BCUT2D eigenvalue weighted by Crippen LogP contribution is -2.44. The molecule has 0 saturated carbocycles. The van der Waals surface area contributed by atoms with Gasteiger partial charge in [-0.05, 0) is 23.3 Å². The molecular weight excluding hydrogens is 358 g/mol. The smallest absolute Gasteiger partial charge is 0.262 e. The highest BCUT2D eigenvalue weighted by molar-refractivity contribution is 6.74. The monoisotopic (exact) mass is 383 g/mol. The Kier molecular flexibility index (Phi) is 4.77. The number of rotatable bonds is 4. The minimum absolute atomic E-state index is 0.0231. The van der Waals surface area contributed by atoms with Gasteiger partial charge in [0.05, 0.1) is 12.9 Å². The Balaban J connectivity index is 1.78. The Morgan fingerprint density at radius 2 is 1.92 bits per heavy atom. The maximum Gasteiger partial charge on any atom is 0.262 e. The summed E-state index contributed by atoms with van der Waals surface area (Å²) in [5.74, 6) is -0.361. The second-order valence-electron chi connectivity index (χ2n) is 8.05. The van der Waals surface area contributed by atoms with Crippen LogP contribution in [0, 0.1) is 0 Å². The predicted molar refractivity (Wildman–Crippen MR) is 93.9 cm³/mol. The first-order valence-electron chi connectivity index (χ1n) is 8.43. The van der Waals surface area contributed by atoms with Crippen LogP contribution in [-0.2, 0) is 9.16 Å². The molecule has 1 aliphatic heterocycles. The molecule has 1 saturated heterocycles. The van der Waals surface area contributed by atoms with E-state index in [2.05, 4.69) is 54.3 Å². The van der Waals surface area contributed by atoms with E-state index < -0.39 is 32.9 Å². The number of aliphatic hydroxyl groups excluding tert-OH is 2. The maximum absolute atomic E-state index is 10.4. The summed E-state index contributed by atoms with van der Waals surface area (Å²) < 4.78 is 13.4. The first-order chi connectivity index (χ1) is 12.0. The fraction of sp³-hybridized carbons (Fsp3) is 0.733. The first kappa shape index (κ1) is 19.1. The Bertz CT molecular complexity index is 792. The van der Waals surface area contributed by atoms with Gasteiger partial charge in [-0.15, -0.1) is 5.10 Å². The van der Waals surface area contributed by atoms with Gasteiger partial charge < -0.3 is 24.5 Å². The van der Waals surface area contributed by atoms with Gasteiger partial charge in [0.15, 0.2) is 25.7 Å². The molecule has 2 aromatic heterocycles. The van der Waals surface area contributed by atoms with Crippen LogP contribution in [0.4, 0.5) is 0 Å². The maximum atomic E-state index is 10.4. The van der Waals surface area contributed by atoms with Crippen LogP contribution in [-0.4, -0.2) is 73.5 Å². The molecule has 0 amide bonds. The number of hydrogen-bond acceptors (Lipinski definition) is 9. The lowest BCUT2D eigenvalue weighted by atomic mass is 10.1. The fourth-order valence-electron chi connectivity index (χ4n) is 2.56. The number of hydrogen-bond donors (Lipinski definition) is 3. The molecule has 26 heavy (non-hydrogen) atoms. The third-order valence-electron chi connectivity index (χ3n) is 5.28. The molecule has 1 aliphatic rings. The van der Waals surface area contributed by atoms with Crippen LogP contribution >= 0.6 is 0 Å². The van der Waals surface area contributed by atoms with Crippen LogP contribution in [0.15, 0.2) is 6.33 Å². The Morgan fingerprint density at radius 1 is 1.23 bits per heavy atom. The van der Waals surface area contributed by atoms with Crippen molar-refractivity contribution < 1.29 is 24.5 Å². The zero-order valence-corrected chi connectivity index (χ0v) is 16.5. The molecule has 11 heteroatoms. The highest BCUT2D eigenvalue weighted by atomic mass is 28.4. The van der Waals surface area contributed by atoms with Crippen molar-refractivity contribution in [3.05, 3.63) is 6.33 Å². The molecule has 2 aromatic rings. The topological polar surface area (TPSA) is 136 Å². The normalized spacial score (nSPS) is 27.3. The Hall–Kier alpha value is -1.66. The highest BCUT2D eigenvalue weighted by Gasteiger charge is 2.46. The summed E-state index contributed by atoms with van der Waals surface area (Å²) in [5.41, 5.74) is 0.353. The van der Waals surface area contributed by atoms with Crippen LogP contribution in [0.25, 0.3) is 11.2 Å². The van der Waals surface area contributed by atoms with Gasteiger partial charge in [0, 0.05) is 0 Å². The molecule has 0 bridgehead atoms. The van der Waals surface area contributed by atoms with Gasteiger partial charge in [-0.2, -0.15) is 0 Å². The number of fused-ring (bicyclic) bond motifs is 1. The van der Waals surface area contributed by atoms with Crippen LogP contribution in [0.2, 0.25) is 18.1 Å². The third kappa shape index (κ3) is 3.20. The van der Waals surface area contributed by atoms with E-state index in [4.69, 9.17) is 9.16 Å². The standard InChI is InChI=1S/C15H25N5O5Si/c1-15(2,3)26(4,5)24-6-8-10(21)11(22)14(25-8)20-7-16-9-12(20)17-19-18-13(9)23/h7-8,10-11,14,21-22H,6H2,1-5H3,(H,17,18,23)/t8-,10-,11-,14-/m1/s1. The molecule has 0 spiro atoms. The quantitative estimate of drug-likeness (QED) is 0.647. The van der Waals surface area contributed by atoms with E-state index in [0.717, 1.165) is 0 Å². The summed E-state index contributed by atoms with van der Waals surface area (Å²) in [7, 11) is -2.02. The van der Waals surface area contributed by atoms with Gasteiger partial charge in [0.2, 0.25) is 0 Å². The van der Waals surface area contributed by atoms with Crippen molar-refractivity contribution in [3.8, 4) is 5.88 Å². The van der Waals surface area contributed by atoms with E-state index in [-0.39, 0.29) is 28.7 Å². The van der Waals surface area contributed by atoms with E-state index in [1.807, 2.05) is 0 Å². The van der Waals surface area contributed by atoms with Crippen molar-refractivity contribution in [2.24, 2.45) is 0 Å². The molecule has 0 radical (unpaired) electrons. The van der Waals surface area contributed by atoms with Crippen molar-refractivity contribution in [3.63, 3.8) is 0 Å². The van der Waals surface area contributed by atoms with Crippen LogP contribution in [0.5, 0.6) is 5.88 Å². The largest absolute Gasteiger partial charge is 0.491 e. The van der Waals surface area contributed by atoms with Gasteiger partial charge in [0.25, 0.3) is 5.88 Å². The molecule has 3 N–H and O–H groups in total. The molecule has 3 heterocycles. The van der Waals surface area contributed by atoms with Crippen molar-refractivity contribution in [2.45, 2.75) is 63.4 Å². The molecule has 0 aliphatic carbocycles. The van der Waals surface area contributed by atoms with E-state index >= 15 is 0 Å². The zero-order valence-electron chi connectivity index (χ0n) is 15.5. The van der Waals surface area contributed by atoms with E-state index in [1.54, 1.807) is 0 Å². The highest BCUT2D eigenvalue weighted by Crippen LogP contribution is 2.38. The van der Waals surface area contributed by atoms with Crippen molar-refractivity contribution >= 4 is 19.5 Å². The Labute approximate surface area is 151 Å². The molecule has 144 valence electrons. The van der Waals surface area contributed by atoms with Crippen molar-refractivity contribution in [1.29, 1.82) is 0 Å². The second kappa shape index (κ2) is 6.50. The summed E-state index contributed by atoms with van der Waals surface area (Å²) in [5, 5.41) is 41.2. The molecule has 4 atom stereocenters. The summed E-state index contributed by atoms with van der Waals surface area (Å²) in [4.78, 5) is 4.02. The molecular formula is C15H25N5O5Si.